The molecule has 3 aromatic rings. The van der Waals surface area contributed by atoms with Gasteiger partial charge in [0.25, 0.3) is 0 Å². The number of nitrogens with one attached hydrogen (secondary N) is 1. The van der Waals surface area contributed by atoms with Gasteiger partial charge in [0.1, 0.15) is 0 Å². The molecular formula is C16H11N3O2. The lowest BCUT2D eigenvalue weighted by Crippen LogP contribution is -2.06. The van der Waals surface area contributed by atoms with Crippen LogP contribution in [0.25, 0.3) is 0 Å². The van der Waals surface area contributed by atoms with Crippen molar-refractivity contribution in [3.63, 3.8) is 0 Å². The van der Waals surface area contributed by atoms with Crippen molar-refractivity contribution < 1.29 is 9.59 Å². The molecule has 0 saturated heterocycles. The van der Waals surface area contributed by atoms with Gasteiger partial charge < -0.3 is 0 Å². The van der Waals surface area contributed by atoms with Crippen molar-refractivity contribution in [2.45, 2.75) is 0 Å². The lowest BCUT2D eigenvalue weighted by molar-refractivity contribution is 0.102. The van der Waals surface area contributed by atoms with Gasteiger partial charge in [-0.2, -0.15) is 0 Å². The van der Waals surface area contributed by atoms with E-state index in [1.165, 1.54) is 0 Å². The molecule has 0 spiro atoms. The standard InChI is InChI=1S/C16H11N3O2/c20-13(11-7-3-1-4-8-11)15-17-16(19-18-15)14(21)12-9-5-2-6-10-12/h1-10H,(H,17,18,19). The fourth-order valence-electron chi connectivity index (χ4n) is 1.91. The van der Waals surface area contributed by atoms with Crippen molar-refractivity contribution >= 4 is 11.6 Å². The molecule has 0 saturated carbocycles. The third-order valence-electron chi connectivity index (χ3n) is 2.98. The predicted octanol–water partition coefficient (Wildman–Crippen LogP) is 2.27. The van der Waals surface area contributed by atoms with Crippen molar-refractivity contribution in [3.05, 3.63) is 83.4 Å². The van der Waals surface area contributed by atoms with E-state index in [-0.39, 0.29) is 23.2 Å². The summed E-state index contributed by atoms with van der Waals surface area (Å²) in [5.41, 5.74) is 0.975. The van der Waals surface area contributed by atoms with Crippen LogP contribution in [0, 0.1) is 0 Å². The minimum Gasteiger partial charge on any atom is -0.285 e. The number of carbonyl (C=O) groups excluding carboxylic acids is 2. The summed E-state index contributed by atoms with van der Waals surface area (Å²) in [7, 11) is 0. The molecule has 1 aromatic heterocycles. The van der Waals surface area contributed by atoms with E-state index in [9.17, 15) is 9.59 Å². The lowest BCUT2D eigenvalue weighted by atomic mass is 10.1. The van der Waals surface area contributed by atoms with Crippen molar-refractivity contribution in [2.24, 2.45) is 0 Å². The largest absolute Gasteiger partial charge is 0.285 e. The number of carbonyl (C=O) groups is 2. The van der Waals surface area contributed by atoms with Gasteiger partial charge in [0.05, 0.1) is 0 Å². The quantitative estimate of drug-likeness (QED) is 0.742. The third kappa shape index (κ3) is 2.62. The maximum atomic E-state index is 12.2. The highest BCUT2D eigenvalue weighted by Gasteiger charge is 2.18. The first-order valence-corrected chi connectivity index (χ1v) is 6.37. The number of aromatic nitrogens is 3. The van der Waals surface area contributed by atoms with Gasteiger partial charge in [-0.3, -0.25) is 14.7 Å². The Bertz CT molecular complexity index is 714. The van der Waals surface area contributed by atoms with E-state index < -0.39 is 0 Å². The molecule has 21 heavy (non-hydrogen) atoms. The van der Waals surface area contributed by atoms with Crippen LogP contribution in [-0.2, 0) is 0 Å². The van der Waals surface area contributed by atoms with Gasteiger partial charge >= 0.3 is 0 Å². The number of hydrogen-bond acceptors (Lipinski definition) is 4. The Balaban J connectivity index is 1.87. The molecule has 5 heteroatoms. The molecule has 0 unspecified atom stereocenters. The predicted molar refractivity (Wildman–Crippen MR) is 76.1 cm³/mol. The Morgan fingerprint density at radius 3 is 1.86 bits per heavy atom. The summed E-state index contributed by atoms with van der Waals surface area (Å²) in [6.45, 7) is 0. The minimum atomic E-state index is -0.320. The SMILES string of the molecule is O=C(c1ccccc1)c1n[nH]c(C(=O)c2ccccc2)n1. The van der Waals surface area contributed by atoms with Gasteiger partial charge in [0.15, 0.2) is 5.82 Å². The van der Waals surface area contributed by atoms with Crippen LogP contribution in [-0.4, -0.2) is 26.7 Å². The zero-order valence-electron chi connectivity index (χ0n) is 11.0. The van der Waals surface area contributed by atoms with Crippen LogP contribution in [0.15, 0.2) is 60.7 Å². The number of nitrogens with zero attached hydrogens (tertiary/aromatic N) is 2. The summed E-state index contributed by atoms with van der Waals surface area (Å²) < 4.78 is 0. The molecule has 0 atom stereocenters. The molecule has 2 aromatic carbocycles. The second kappa shape index (κ2) is 5.50. The number of aromatic amines is 1. The van der Waals surface area contributed by atoms with Gasteiger partial charge in [-0.05, 0) is 0 Å². The summed E-state index contributed by atoms with van der Waals surface area (Å²) >= 11 is 0. The Hall–Kier alpha value is -3.08. The molecule has 5 nitrogen and oxygen atoms in total. The van der Waals surface area contributed by atoms with E-state index >= 15 is 0 Å². The van der Waals surface area contributed by atoms with Crippen molar-refractivity contribution in [1.82, 2.24) is 15.2 Å². The van der Waals surface area contributed by atoms with E-state index in [1.807, 2.05) is 12.1 Å². The van der Waals surface area contributed by atoms with Crippen LogP contribution in [0.3, 0.4) is 0 Å². The van der Waals surface area contributed by atoms with Crippen molar-refractivity contribution in [3.8, 4) is 0 Å². The average Bonchev–Trinajstić information content (AvgIpc) is 3.05. The second-order valence-corrected chi connectivity index (χ2v) is 4.40. The molecule has 0 aliphatic heterocycles. The summed E-state index contributed by atoms with van der Waals surface area (Å²) in [4.78, 5) is 28.3. The molecule has 1 N–H and O–H groups in total. The van der Waals surface area contributed by atoms with E-state index in [4.69, 9.17) is 0 Å². The van der Waals surface area contributed by atoms with Gasteiger partial charge in [0.2, 0.25) is 17.4 Å². The molecule has 0 fully saturated rings. The van der Waals surface area contributed by atoms with Crippen LogP contribution in [0.5, 0.6) is 0 Å². The molecule has 3 rings (SSSR count). The number of rotatable bonds is 4. The fourth-order valence-corrected chi connectivity index (χ4v) is 1.91. The molecule has 1 heterocycles. The highest BCUT2D eigenvalue weighted by molar-refractivity contribution is 6.09. The average molecular weight is 277 g/mol. The first-order valence-electron chi connectivity index (χ1n) is 6.37. The number of benzene rings is 2. The first kappa shape index (κ1) is 12.9. The fraction of sp³-hybridized carbons (Fsp3) is 0. The Labute approximate surface area is 120 Å². The maximum Gasteiger partial charge on any atom is 0.232 e. The van der Waals surface area contributed by atoms with E-state index in [2.05, 4.69) is 15.2 Å². The Morgan fingerprint density at radius 2 is 1.29 bits per heavy atom. The Morgan fingerprint density at radius 1 is 0.762 bits per heavy atom. The van der Waals surface area contributed by atoms with Gasteiger partial charge in [-0.1, -0.05) is 60.7 Å². The molecule has 0 amide bonds. The highest BCUT2D eigenvalue weighted by atomic mass is 16.1. The monoisotopic (exact) mass is 277 g/mol. The Kier molecular flexibility index (Phi) is 3.39. The summed E-state index contributed by atoms with van der Waals surface area (Å²) in [6.07, 6.45) is 0. The molecule has 102 valence electrons. The van der Waals surface area contributed by atoms with Gasteiger partial charge in [-0.25, -0.2) is 4.98 Å². The highest BCUT2D eigenvalue weighted by Crippen LogP contribution is 2.08. The summed E-state index contributed by atoms with van der Waals surface area (Å²) in [5.74, 6) is -0.574. The summed E-state index contributed by atoms with van der Waals surface area (Å²) in [6, 6.07) is 17.4. The van der Waals surface area contributed by atoms with Gasteiger partial charge in [0, 0.05) is 11.1 Å². The second-order valence-electron chi connectivity index (χ2n) is 4.40. The smallest absolute Gasteiger partial charge is 0.232 e. The molecule has 0 bridgehead atoms. The number of hydrogen-bond donors (Lipinski definition) is 1. The topological polar surface area (TPSA) is 75.7 Å². The first-order chi connectivity index (χ1) is 10.3. The van der Waals surface area contributed by atoms with Gasteiger partial charge in [-0.15, -0.1) is 5.10 Å². The van der Waals surface area contributed by atoms with E-state index in [0.717, 1.165) is 0 Å². The van der Waals surface area contributed by atoms with Crippen LogP contribution in [0.1, 0.15) is 32.4 Å². The van der Waals surface area contributed by atoms with Crippen LogP contribution in [0.4, 0.5) is 0 Å². The van der Waals surface area contributed by atoms with E-state index in [0.29, 0.717) is 11.1 Å². The lowest BCUT2D eigenvalue weighted by Gasteiger charge is -1.95. The summed E-state index contributed by atoms with van der Waals surface area (Å²) in [5, 5.41) is 6.36. The number of H-pyrrole nitrogens is 1. The maximum absolute atomic E-state index is 12.2. The van der Waals surface area contributed by atoms with Crippen molar-refractivity contribution in [2.75, 3.05) is 0 Å². The molecule has 0 aliphatic carbocycles. The number of ketones is 2. The van der Waals surface area contributed by atoms with Crippen LogP contribution < -0.4 is 0 Å². The van der Waals surface area contributed by atoms with Crippen molar-refractivity contribution in [1.29, 1.82) is 0 Å². The molecular weight excluding hydrogens is 266 g/mol. The molecule has 0 radical (unpaired) electrons. The molecule has 0 aliphatic rings. The minimum absolute atomic E-state index is 0.0134. The van der Waals surface area contributed by atoms with Crippen LogP contribution >= 0.6 is 0 Å². The normalized spacial score (nSPS) is 10.3. The zero-order valence-corrected chi connectivity index (χ0v) is 11.0. The zero-order chi connectivity index (χ0) is 14.7. The third-order valence-corrected chi connectivity index (χ3v) is 2.98. The van der Waals surface area contributed by atoms with Crippen LogP contribution in [0.2, 0.25) is 0 Å². The van der Waals surface area contributed by atoms with E-state index in [1.54, 1.807) is 48.5 Å².